The van der Waals surface area contributed by atoms with Crippen LogP contribution in [0.1, 0.15) is 19.8 Å². The molecule has 1 rings (SSSR count). The Bertz CT molecular complexity index is 331. The van der Waals surface area contributed by atoms with Crippen LogP contribution in [0.25, 0.3) is 0 Å². The first-order chi connectivity index (χ1) is 7.67. The van der Waals surface area contributed by atoms with E-state index in [1.807, 2.05) is 0 Å². The fraction of sp³-hybridized carbons (Fsp3) is 0.500. The lowest BCUT2D eigenvalue weighted by molar-refractivity contribution is 0.244. The van der Waals surface area contributed by atoms with E-state index in [0.29, 0.717) is 12.5 Å². The second kappa shape index (κ2) is 6.84. The standard InChI is InChI=1S/C12H15BrF2O/c1-2-3-9(7-13)8-16-12-5-4-10(14)6-11(12)15/h4-6,9H,2-3,7-8H2,1H3. The molecule has 0 aromatic heterocycles. The van der Waals surface area contributed by atoms with Crippen molar-refractivity contribution in [2.24, 2.45) is 5.92 Å². The summed E-state index contributed by atoms with van der Waals surface area (Å²) in [4.78, 5) is 0. The van der Waals surface area contributed by atoms with Gasteiger partial charge in [0.2, 0.25) is 0 Å². The van der Waals surface area contributed by atoms with Gasteiger partial charge < -0.3 is 4.74 Å². The van der Waals surface area contributed by atoms with E-state index in [0.717, 1.165) is 24.2 Å². The Balaban J connectivity index is 2.53. The predicted octanol–water partition coefficient (Wildman–Crippen LogP) is 4.15. The molecule has 4 heteroatoms. The van der Waals surface area contributed by atoms with Crippen LogP contribution in [0, 0.1) is 17.6 Å². The van der Waals surface area contributed by atoms with Crippen molar-refractivity contribution in [3.63, 3.8) is 0 Å². The van der Waals surface area contributed by atoms with Gasteiger partial charge in [0.15, 0.2) is 11.6 Å². The fourth-order valence-electron chi connectivity index (χ4n) is 1.41. The van der Waals surface area contributed by atoms with Crippen molar-refractivity contribution in [1.82, 2.24) is 0 Å². The summed E-state index contributed by atoms with van der Waals surface area (Å²) in [6, 6.07) is 3.35. The van der Waals surface area contributed by atoms with Gasteiger partial charge in [-0.2, -0.15) is 0 Å². The SMILES string of the molecule is CCCC(CBr)COc1ccc(F)cc1F. The molecule has 0 aliphatic heterocycles. The zero-order valence-corrected chi connectivity index (χ0v) is 10.8. The van der Waals surface area contributed by atoms with Gasteiger partial charge in [0.1, 0.15) is 5.82 Å². The van der Waals surface area contributed by atoms with Gasteiger partial charge in [-0.15, -0.1) is 0 Å². The topological polar surface area (TPSA) is 9.23 Å². The van der Waals surface area contributed by atoms with E-state index in [4.69, 9.17) is 4.74 Å². The van der Waals surface area contributed by atoms with E-state index in [9.17, 15) is 8.78 Å². The van der Waals surface area contributed by atoms with Crippen molar-refractivity contribution in [3.8, 4) is 5.75 Å². The maximum Gasteiger partial charge on any atom is 0.167 e. The van der Waals surface area contributed by atoms with Crippen molar-refractivity contribution in [2.75, 3.05) is 11.9 Å². The zero-order chi connectivity index (χ0) is 12.0. The highest BCUT2D eigenvalue weighted by Gasteiger charge is 2.09. The van der Waals surface area contributed by atoms with Crippen LogP contribution in [-0.4, -0.2) is 11.9 Å². The number of alkyl halides is 1. The molecule has 0 saturated carbocycles. The molecule has 0 fully saturated rings. The predicted molar refractivity (Wildman–Crippen MR) is 64.0 cm³/mol. The van der Waals surface area contributed by atoms with Crippen LogP contribution in [0.3, 0.4) is 0 Å². The average Bonchev–Trinajstić information content (AvgIpc) is 2.26. The fourth-order valence-corrected chi connectivity index (χ4v) is 1.92. The highest BCUT2D eigenvalue weighted by molar-refractivity contribution is 9.09. The Morgan fingerprint density at radius 2 is 2.12 bits per heavy atom. The van der Waals surface area contributed by atoms with E-state index in [1.165, 1.54) is 12.1 Å². The van der Waals surface area contributed by atoms with Crippen LogP contribution in [0.4, 0.5) is 8.78 Å². The smallest absolute Gasteiger partial charge is 0.167 e. The summed E-state index contributed by atoms with van der Waals surface area (Å²) in [6.45, 7) is 2.54. The van der Waals surface area contributed by atoms with Crippen molar-refractivity contribution < 1.29 is 13.5 Å². The Labute approximate surface area is 103 Å². The quantitative estimate of drug-likeness (QED) is 0.716. The number of benzene rings is 1. The highest BCUT2D eigenvalue weighted by Crippen LogP contribution is 2.19. The van der Waals surface area contributed by atoms with Crippen LogP contribution in [0.5, 0.6) is 5.75 Å². The summed E-state index contributed by atoms with van der Waals surface area (Å²) in [5.74, 6) is -0.766. The van der Waals surface area contributed by atoms with E-state index in [1.54, 1.807) is 0 Å². The molecule has 16 heavy (non-hydrogen) atoms. The zero-order valence-electron chi connectivity index (χ0n) is 9.18. The van der Waals surface area contributed by atoms with Crippen LogP contribution in [-0.2, 0) is 0 Å². The Morgan fingerprint density at radius 1 is 1.38 bits per heavy atom. The largest absolute Gasteiger partial charge is 0.490 e. The second-order valence-electron chi connectivity index (χ2n) is 3.69. The molecule has 0 aliphatic rings. The first-order valence-electron chi connectivity index (χ1n) is 5.31. The summed E-state index contributed by atoms with van der Waals surface area (Å²) in [5.41, 5.74) is 0. The molecule has 0 heterocycles. The van der Waals surface area contributed by atoms with E-state index < -0.39 is 11.6 Å². The first kappa shape index (κ1) is 13.4. The summed E-state index contributed by atoms with van der Waals surface area (Å²) in [6.07, 6.45) is 2.08. The third-order valence-corrected chi connectivity index (χ3v) is 3.20. The van der Waals surface area contributed by atoms with Crippen molar-refractivity contribution >= 4 is 15.9 Å². The molecule has 1 nitrogen and oxygen atoms in total. The molecule has 1 aromatic rings. The number of rotatable bonds is 6. The summed E-state index contributed by atoms with van der Waals surface area (Å²) in [5, 5.41) is 0.823. The lowest BCUT2D eigenvalue weighted by Gasteiger charge is -2.14. The molecule has 0 amide bonds. The first-order valence-corrected chi connectivity index (χ1v) is 6.43. The monoisotopic (exact) mass is 292 g/mol. The van der Waals surface area contributed by atoms with Gasteiger partial charge in [-0.05, 0) is 18.6 Å². The highest BCUT2D eigenvalue weighted by atomic mass is 79.9. The molecule has 1 atom stereocenters. The molecule has 0 bridgehead atoms. The van der Waals surface area contributed by atoms with Crippen molar-refractivity contribution in [3.05, 3.63) is 29.8 Å². The minimum absolute atomic E-state index is 0.114. The molecule has 0 N–H and O–H groups in total. The van der Waals surface area contributed by atoms with Crippen molar-refractivity contribution in [2.45, 2.75) is 19.8 Å². The number of ether oxygens (including phenoxy) is 1. The molecular weight excluding hydrogens is 278 g/mol. The van der Waals surface area contributed by atoms with Crippen molar-refractivity contribution in [1.29, 1.82) is 0 Å². The van der Waals surface area contributed by atoms with Gasteiger partial charge in [0, 0.05) is 17.3 Å². The van der Waals surface area contributed by atoms with Gasteiger partial charge in [-0.25, -0.2) is 8.78 Å². The van der Waals surface area contributed by atoms with E-state index in [-0.39, 0.29) is 5.75 Å². The van der Waals surface area contributed by atoms with Crippen LogP contribution in [0.2, 0.25) is 0 Å². The molecule has 0 radical (unpaired) electrons. The van der Waals surface area contributed by atoms with E-state index in [2.05, 4.69) is 22.9 Å². The van der Waals surface area contributed by atoms with Gasteiger partial charge in [-0.3, -0.25) is 0 Å². The number of halogens is 3. The van der Waals surface area contributed by atoms with E-state index >= 15 is 0 Å². The molecular formula is C12H15BrF2O. The molecule has 1 aromatic carbocycles. The lowest BCUT2D eigenvalue weighted by atomic mass is 10.1. The third kappa shape index (κ3) is 4.08. The maximum atomic E-state index is 13.2. The molecule has 0 aliphatic carbocycles. The Morgan fingerprint density at radius 3 is 2.69 bits per heavy atom. The minimum atomic E-state index is -0.648. The molecule has 90 valence electrons. The van der Waals surface area contributed by atoms with Gasteiger partial charge in [0.25, 0.3) is 0 Å². The molecule has 0 saturated heterocycles. The number of hydrogen-bond acceptors (Lipinski definition) is 1. The van der Waals surface area contributed by atoms with Gasteiger partial charge >= 0.3 is 0 Å². The van der Waals surface area contributed by atoms with Crippen LogP contribution >= 0.6 is 15.9 Å². The lowest BCUT2D eigenvalue weighted by Crippen LogP contribution is -2.13. The number of hydrogen-bond donors (Lipinski definition) is 0. The Kier molecular flexibility index (Phi) is 5.74. The normalized spacial score (nSPS) is 12.5. The average molecular weight is 293 g/mol. The summed E-state index contributed by atoms with van der Waals surface area (Å²) < 4.78 is 31.2. The van der Waals surface area contributed by atoms with Gasteiger partial charge in [-0.1, -0.05) is 29.3 Å². The summed E-state index contributed by atoms with van der Waals surface area (Å²) in [7, 11) is 0. The Hall–Kier alpha value is -0.640. The van der Waals surface area contributed by atoms with Crippen LogP contribution in [0.15, 0.2) is 18.2 Å². The molecule has 1 unspecified atom stereocenters. The second-order valence-corrected chi connectivity index (χ2v) is 4.34. The minimum Gasteiger partial charge on any atom is -0.490 e. The summed E-state index contributed by atoms with van der Waals surface area (Å²) >= 11 is 3.39. The van der Waals surface area contributed by atoms with Gasteiger partial charge in [0.05, 0.1) is 6.61 Å². The third-order valence-electron chi connectivity index (χ3n) is 2.28. The maximum absolute atomic E-state index is 13.2. The molecule has 0 spiro atoms. The van der Waals surface area contributed by atoms with Crippen LogP contribution < -0.4 is 4.74 Å².